The summed E-state index contributed by atoms with van der Waals surface area (Å²) in [4.78, 5) is 0. The minimum absolute atomic E-state index is 0.214. The maximum atomic E-state index is 9.13. The monoisotopic (exact) mass is 194 g/mol. The lowest BCUT2D eigenvalue weighted by Gasteiger charge is -2.05. The van der Waals surface area contributed by atoms with Crippen molar-refractivity contribution in [2.45, 2.75) is 32.5 Å². The van der Waals surface area contributed by atoms with Gasteiger partial charge in [0.1, 0.15) is 0 Å². The number of methoxy groups -OCH3 is 1. The largest absolute Gasteiger partial charge is 0.393 e. The summed E-state index contributed by atoms with van der Waals surface area (Å²) in [6.07, 6.45) is 1.54. The lowest BCUT2D eigenvalue weighted by atomic mass is 10.1. The van der Waals surface area contributed by atoms with Crippen LogP contribution in [-0.4, -0.2) is 18.3 Å². The van der Waals surface area contributed by atoms with Gasteiger partial charge in [-0.05, 0) is 30.9 Å². The minimum atomic E-state index is -0.214. The van der Waals surface area contributed by atoms with E-state index < -0.39 is 0 Å². The van der Waals surface area contributed by atoms with Gasteiger partial charge in [0.05, 0.1) is 12.7 Å². The number of aliphatic hydroxyl groups excluding tert-OH is 1. The zero-order valence-electron chi connectivity index (χ0n) is 8.86. The highest BCUT2D eigenvalue weighted by molar-refractivity contribution is 5.22. The molecule has 14 heavy (non-hydrogen) atoms. The number of aryl methyl sites for hydroxylation is 1. The zero-order chi connectivity index (χ0) is 10.4. The first-order valence-electron chi connectivity index (χ1n) is 4.97. The van der Waals surface area contributed by atoms with Crippen LogP contribution < -0.4 is 0 Å². The molecule has 1 unspecified atom stereocenters. The van der Waals surface area contributed by atoms with Crippen molar-refractivity contribution in [3.05, 3.63) is 35.4 Å². The molecule has 0 heterocycles. The van der Waals surface area contributed by atoms with E-state index in [4.69, 9.17) is 9.84 Å². The average molecular weight is 194 g/mol. The molecule has 1 aromatic rings. The molecule has 0 aliphatic rings. The molecule has 0 aliphatic carbocycles. The van der Waals surface area contributed by atoms with Crippen LogP contribution in [0.1, 0.15) is 24.5 Å². The number of hydrogen-bond donors (Lipinski definition) is 1. The van der Waals surface area contributed by atoms with Gasteiger partial charge in [0.25, 0.3) is 0 Å². The maximum absolute atomic E-state index is 9.13. The summed E-state index contributed by atoms with van der Waals surface area (Å²) >= 11 is 0. The molecule has 0 bridgehead atoms. The van der Waals surface area contributed by atoms with Gasteiger partial charge >= 0.3 is 0 Å². The second-order valence-corrected chi connectivity index (χ2v) is 3.64. The van der Waals surface area contributed by atoms with Crippen LogP contribution in [-0.2, 0) is 17.8 Å². The van der Waals surface area contributed by atoms with E-state index >= 15 is 0 Å². The fraction of sp³-hybridized carbons (Fsp3) is 0.500. The summed E-state index contributed by atoms with van der Waals surface area (Å²) in [5.41, 5.74) is 2.46. The van der Waals surface area contributed by atoms with Crippen molar-refractivity contribution in [1.29, 1.82) is 0 Å². The fourth-order valence-corrected chi connectivity index (χ4v) is 1.34. The molecule has 2 heteroatoms. The standard InChI is InChI=1S/C12H18O2/c1-10(13)3-4-11-5-7-12(8-6-11)9-14-2/h5-8,10,13H,3-4,9H2,1-2H3. The van der Waals surface area contributed by atoms with Crippen LogP contribution in [0.4, 0.5) is 0 Å². The van der Waals surface area contributed by atoms with E-state index in [1.54, 1.807) is 7.11 Å². The van der Waals surface area contributed by atoms with E-state index in [1.165, 1.54) is 11.1 Å². The third kappa shape index (κ3) is 3.90. The molecule has 0 spiro atoms. The van der Waals surface area contributed by atoms with Crippen molar-refractivity contribution in [2.24, 2.45) is 0 Å². The Bertz CT molecular complexity index is 252. The number of aliphatic hydroxyl groups is 1. The van der Waals surface area contributed by atoms with Gasteiger partial charge in [-0.1, -0.05) is 24.3 Å². The topological polar surface area (TPSA) is 29.5 Å². The molecule has 0 radical (unpaired) electrons. The molecule has 1 rings (SSSR count). The van der Waals surface area contributed by atoms with E-state index in [-0.39, 0.29) is 6.10 Å². The molecule has 0 fully saturated rings. The SMILES string of the molecule is COCc1ccc(CCC(C)O)cc1. The number of benzene rings is 1. The molecule has 0 amide bonds. The number of hydrogen-bond acceptors (Lipinski definition) is 2. The van der Waals surface area contributed by atoms with Gasteiger partial charge in [-0.2, -0.15) is 0 Å². The van der Waals surface area contributed by atoms with Crippen LogP contribution in [0.25, 0.3) is 0 Å². The minimum Gasteiger partial charge on any atom is -0.393 e. The molecule has 0 saturated heterocycles. The predicted molar refractivity (Wildman–Crippen MR) is 57.2 cm³/mol. The molecule has 1 N–H and O–H groups in total. The van der Waals surface area contributed by atoms with Crippen LogP contribution in [0, 0.1) is 0 Å². The lowest BCUT2D eigenvalue weighted by Crippen LogP contribution is -2.01. The molecule has 78 valence electrons. The molecular weight excluding hydrogens is 176 g/mol. The Hall–Kier alpha value is -0.860. The lowest BCUT2D eigenvalue weighted by molar-refractivity contribution is 0.184. The van der Waals surface area contributed by atoms with Gasteiger partial charge in [-0.15, -0.1) is 0 Å². The molecular formula is C12H18O2. The summed E-state index contributed by atoms with van der Waals surface area (Å²) < 4.78 is 5.03. The van der Waals surface area contributed by atoms with E-state index in [9.17, 15) is 0 Å². The second-order valence-electron chi connectivity index (χ2n) is 3.64. The Labute approximate surface area is 85.5 Å². The first-order valence-corrected chi connectivity index (χ1v) is 4.97. The van der Waals surface area contributed by atoms with Crippen LogP contribution in [0.15, 0.2) is 24.3 Å². The van der Waals surface area contributed by atoms with Gasteiger partial charge in [-0.3, -0.25) is 0 Å². The van der Waals surface area contributed by atoms with Gasteiger partial charge in [-0.25, -0.2) is 0 Å². The second kappa shape index (κ2) is 5.78. The first kappa shape index (κ1) is 11.2. The van der Waals surface area contributed by atoms with Crippen molar-refractivity contribution in [2.75, 3.05) is 7.11 Å². The van der Waals surface area contributed by atoms with Crippen molar-refractivity contribution in [1.82, 2.24) is 0 Å². The third-order valence-electron chi connectivity index (χ3n) is 2.18. The zero-order valence-corrected chi connectivity index (χ0v) is 8.86. The normalized spacial score (nSPS) is 12.8. The highest BCUT2D eigenvalue weighted by Gasteiger charge is 1.98. The van der Waals surface area contributed by atoms with E-state index in [0.717, 1.165) is 12.8 Å². The number of ether oxygens (including phenoxy) is 1. The summed E-state index contributed by atoms with van der Waals surface area (Å²) in [5, 5.41) is 9.13. The smallest absolute Gasteiger partial charge is 0.0713 e. The Balaban J connectivity index is 2.46. The quantitative estimate of drug-likeness (QED) is 0.778. The highest BCUT2D eigenvalue weighted by atomic mass is 16.5. The van der Waals surface area contributed by atoms with Crippen molar-refractivity contribution in [3.63, 3.8) is 0 Å². The molecule has 1 atom stereocenters. The number of rotatable bonds is 5. The van der Waals surface area contributed by atoms with Gasteiger partial charge in [0.2, 0.25) is 0 Å². The van der Waals surface area contributed by atoms with Crippen molar-refractivity contribution < 1.29 is 9.84 Å². The van der Waals surface area contributed by atoms with Gasteiger partial charge < -0.3 is 9.84 Å². The summed E-state index contributed by atoms with van der Waals surface area (Å²) in [6.45, 7) is 2.48. The predicted octanol–water partition coefficient (Wildman–Crippen LogP) is 2.15. The first-order chi connectivity index (χ1) is 6.72. The maximum Gasteiger partial charge on any atom is 0.0713 e. The molecule has 0 aliphatic heterocycles. The van der Waals surface area contributed by atoms with E-state index in [2.05, 4.69) is 24.3 Å². The average Bonchev–Trinajstić information content (AvgIpc) is 2.17. The van der Waals surface area contributed by atoms with Crippen LogP contribution in [0.2, 0.25) is 0 Å². The third-order valence-corrected chi connectivity index (χ3v) is 2.18. The molecule has 0 aromatic heterocycles. The summed E-state index contributed by atoms with van der Waals surface area (Å²) in [5.74, 6) is 0. The summed E-state index contributed by atoms with van der Waals surface area (Å²) in [6, 6.07) is 8.33. The van der Waals surface area contributed by atoms with Crippen molar-refractivity contribution in [3.8, 4) is 0 Å². The van der Waals surface area contributed by atoms with Crippen LogP contribution >= 0.6 is 0 Å². The highest BCUT2D eigenvalue weighted by Crippen LogP contribution is 2.08. The van der Waals surface area contributed by atoms with Crippen LogP contribution in [0.3, 0.4) is 0 Å². The van der Waals surface area contributed by atoms with E-state index in [0.29, 0.717) is 6.61 Å². The Morgan fingerprint density at radius 3 is 2.29 bits per heavy atom. The van der Waals surface area contributed by atoms with Crippen molar-refractivity contribution >= 4 is 0 Å². The van der Waals surface area contributed by atoms with Gasteiger partial charge in [0, 0.05) is 7.11 Å². The Kier molecular flexibility index (Phi) is 4.63. The van der Waals surface area contributed by atoms with E-state index in [1.807, 2.05) is 6.92 Å². The fourth-order valence-electron chi connectivity index (χ4n) is 1.34. The Morgan fingerprint density at radius 2 is 1.79 bits per heavy atom. The summed E-state index contributed by atoms with van der Waals surface area (Å²) in [7, 11) is 1.70. The molecule has 0 saturated carbocycles. The van der Waals surface area contributed by atoms with Crippen LogP contribution in [0.5, 0.6) is 0 Å². The molecule has 1 aromatic carbocycles. The molecule has 2 nitrogen and oxygen atoms in total. The van der Waals surface area contributed by atoms with Gasteiger partial charge in [0.15, 0.2) is 0 Å². The Morgan fingerprint density at radius 1 is 1.21 bits per heavy atom.